The summed E-state index contributed by atoms with van der Waals surface area (Å²) in [7, 11) is 1.37. The first kappa shape index (κ1) is 53.9. The Labute approximate surface area is 369 Å². The number of carbonyl (C=O) groups is 2. The minimum atomic E-state index is -4.30. The Hall–Kier alpha value is -3.26. The second kappa shape index (κ2) is 25.1. The van der Waals surface area contributed by atoms with E-state index < -0.39 is 41.2 Å². The minimum absolute atomic E-state index is 0. The topological polar surface area (TPSA) is 89.5 Å². The van der Waals surface area contributed by atoms with Gasteiger partial charge < -0.3 is 42.2 Å². The molecule has 3 aromatic rings. The summed E-state index contributed by atoms with van der Waals surface area (Å²) < 4.78 is 117. The molecule has 0 unspecified atom stereocenters. The summed E-state index contributed by atoms with van der Waals surface area (Å²) in [6.07, 6.45) is -6.83. The number of carboxylic acids is 1. The van der Waals surface area contributed by atoms with E-state index in [1.165, 1.54) is 19.2 Å². The normalized spacial score (nSPS) is 17.3. The molecular weight excluding hydrogens is 836 g/mol. The van der Waals surface area contributed by atoms with Crippen LogP contribution in [0.4, 0.5) is 39.5 Å². The van der Waals surface area contributed by atoms with Crippen LogP contribution in [0.5, 0.6) is 0 Å². The van der Waals surface area contributed by atoms with Crippen LogP contribution in [0, 0.1) is 0 Å². The number of carbonyl (C=O) groups excluding carboxylic acids is 2. The number of halogens is 10. The molecule has 0 spiro atoms. The zero-order valence-corrected chi connectivity index (χ0v) is 35.1. The zero-order chi connectivity index (χ0) is 43.2. The Morgan fingerprint density at radius 2 is 0.869 bits per heavy atom. The average Bonchev–Trinajstić information content (AvgIpc) is 3.22. The van der Waals surface area contributed by atoms with Gasteiger partial charge in [0.25, 0.3) is 0 Å². The second-order valence-corrected chi connectivity index (χ2v) is 15.2. The molecule has 0 radical (unpaired) electrons. The molecule has 0 aliphatic carbocycles. The second-order valence-electron chi connectivity index (χ2n) is 15.2. The van der Waals surface area contributed by atoms with Crippen molar-refractivity contribution >= 4 is 11.9 Å². The third-order valence-corrected chi connectivity index (χ3v) is 11.2. The maximum atomic E-state index is 12.5. The first-order valence-electron chi connectivity index (χ1n) is 19.9. The predicted octanol–water partition coefficient (Wildman–Crippen LogP) is 1.63. The molecule has 0 aromatic heterocycles. The first-order valence-corrected chi connectivity index (χ1v) is 19.9. The van der Waals surface area contributed by atoms with Gasteiger partial charge >= 0.3 is 43.4 Å². The third-order valence-electron chi connectivity index (χ3n) is 11.2. The van der Waals surface area contributed by atoms with Crippen molar-refractivity contribution < 1.29 is 95.5 Å². The molecule has 7 nitrogen and oxygen atoms in total. The van der Waals surface area contributed by atoms with Crippen LogP contribution in [0.15, 0.2) is 72.8 Å². The average molecular weight is 888 g/mol. The smallest absolute Gasteiger partial charge is 1.00 e. The van der Waals surface area contributed by atoms with Crippen molar-refractivity contribution in [2.45, 2.75) is 87.6 Å². The number of nitrogens with zero attached hydrogens (tertiary/aromatic N) is 2. The van der Waals surface area contributed by atoms with Gasteiger partial charge in [0.2, 0.25) is 0 Å². The fraction of sp³-hybridized carbons (Fsp3) is 0.535. The van der Waals surface area contributed by atoms with Crippen LogP contribution in [0.3, 0.4) is 0 Å². The fourth-order valence-electron chi connectivity index (χ4n) is 7.67. The molecule has 0 atom stereocenters. The molecule has 2 N–H and O–H groups in total. The van der Waals surface area contributed by atoms with Gasteiger partial charge in [-0.2, -0.15) is 39.5 Å². The Morgan fingerprint density at radius 1 is 0.574 bits per heavy atom. The molecule has 0 amide bonds. The van der Waals surface area contributed by atoms with Crippen molar-refractivity contribution in [1.29, 1.82) is 0 Å². The number of esters is 1. The number of piperidine rings is 3. The van der Waals surface area contributed by atoms with Crippen LogP contribution in [-0.4, -0.2) is 81.2 Å². The van der Waals surface area contributed by atoms with E-state index in [-0.39, 0.29) is 55.5 Å². The summed E-state index contributed by atoms with van der Waals surface area (Å²) in [6, 6.07) is 16.4. The molecule has 61 heavy (non-hydrogen) atoms. The Balaban J connectivity index is 0.000000314. The fourth-order valence-corrected chi connectivity index (χ4v) is 7.67. The minimum Gasteiger partial charge on any atom is -1.00 e. The van der Waals surface area contributed by atoms with Crippen molar-refractivity contribution in [2.24, 2.45) is 0 Å². The maximum absolute atomic E-state index is 12.5. The summed E-state index contributed by atoms with van der Waals surface area (Å²) >= 11 is 0. The van der Waals surface area contributed by atoms with Gasteiger partial charge in [-0.1, -0.05) is 36.4 Å². The van der Waals surface area contributed by atoms with E-state index in [1.54, 1.807) is 36.4 Å². The van der Waals surface area contributed by atoms with Crippen LogP contribution < -0.4 is 41.7 Å². The van der Waals surface area contributed by atoms with Crippen molar-refractivity contribution in [3.63, 3.8) is 0 Å². The number of likely N-dealkylation sites (tertiary alicyclic amines) is 2. The Bertz CT molecular complexity index is 1720. The molecule has 3 heterocycles. The van der Waals surface area contributed by atoms with Gasteiger partial charge in [-0.15, -0.1) is 0 Å². The van der Waals surface area contributed by atoms with E-state index in [2.05, 4.69) is 19.9 Å². The van der Waals surface area contributed by atoms with Crippen LogP contribution in [0.2, 0.25) is 0 Å². The molecule has 0 bridgehead atoms. The molecule has 334 valence electrons. The quantitative estimate of drug-likeness (QED) is 0.200. The van der Waals surface area contributed by atoms with E-state index in [4.69, 9.17) is 0 Å². The van der Waals surface area contributed by atoms with E-state index in [1.807, 2.05) is 0 Å². The van der Waals surface area contributed by atoms with Crippen molar-refractivity contribution in [3.8, 4) is 0 Å². The molecule has 3 fully saturated rings. The summed E-state index contributed by atoms with van der Waals surface area (Å²) in [5.74, 6) is -0.305. The number of nitrogens with two attached hydrogens (primary N) is 1. The summed E-state index contributed by atoms with van der Waals surface area (Å²) in [6.45, 7) is 6.52. The molecule has 3 aliphatic heterocycles. The molecule has 3 aliphatic rings. The van der Waals surface area contributed by atoms with Gasteiger partial charge in [-0.25, -0.2) is 0 Å². The van der Waals surface area contributed by atoms with E-state index in [9.17, 15) is 54.2 Å². The number of aliphatic carboxylic acids is 1. The predicted molar refractivity (Wildman–Crippen MR) is 201 cm³/mol. The molecule has 6 rings (SSSR count). The Morgan fingerprint density at radius 3 is 1.15 bits per heavy atom. The SMILES string of the molecule is COC(=O)CCN1CCC(c2ccc(C(F)(F)F)cc2)CC1.FC(F)(F)c1ccc(C2CC[NH2+]CC2)cc1.O=C([O-])CCN1CCC(c2ccc(C(F)(F)F)cc2)CC1.[Cl-].[Li+]. The summed E-state index contributed by atoms with van der Waals surface area (Å²) in [5, 5.41) is 12.7. The number of hydrogen-bond acceptors (Lipinski definition) is 6. The first-order chi connectivity index (χ1) is 27.8. The van der Waals surface area contributed by atoms with Crippen molar-refractivity contribution in [1.82, 2.24) is 9.80 Å². The number of carboxylic acid groups (broad SMARTS) is 1. The molecule has 3 saturated heterocycles. The largest absolute Gasteiger partial charge is 1.00 e. The van der Waals surface area contributed by atoms with E-state index in [0.717, 1.165) is 119 Å². The number of hydrogen-bond donors (Lipinski definition) is 1. The van der Waals surface area contributed by atoms with E-state index >= 15 is 0 Å². The maximum Gasteiger partial charge on any atom is 1.00 e. The van der Waals surface area contributed by atoms with Crippen LogP contribution in [-0.2, 0) is 32.9 Å². The molecule has 3 aromatic carbocycles. The number of rotatable bonds is 9. The molecule has 18 heteroatoms. The Kier molecular flexibility index (Phi) is 22.2. The number of methoxy groups -OCH3 is 1. The van der Waals surface area contributed by atoms with Gasteiger partial charge in [-0.05, 0) is 129 Å². The summed E-state index contributed by atoms with van der Waals surface area (Å²) in [5.41, 5.74) is 1.13. The molecular formula is C43H52ClF9LiN3O4. The number of ether oxygens (including phenoxy) is 1. The van der Waals surface area contributed by atoms with Crippen LogP contribution in [0.25, 0.3) is 0 Å². The van der Waals surface area contributed by atoms with Crippen molar-refractivity contribution in [3.05, 3.63) is 106 Å². The van der Waals surface area contributed by atoms with Gasteiger partial charge in [-0.3, -0.25) is 4.79 Å². The number of alkyl halides is 9. The van der Waals surface area contributed by atoms with Gasteiger partial charge in [0.15, 0.2) is 0 Å². The van der Waals surface area contributed by atoms with E-state index in [0.29, 0.717) is 25.4 Å². The van der Waals surface area contributed by atoms with Gasteiger partial charge in [0.05, 0.1) is 43.3 Å². The number of quaternary nitrogens is 1. The van der Waals surface area contributed by atoms with Crippen molar-refractivity contribution in [2.75, 3.05) is 59.5 Å². The van der Waals surface area contributed by atoms with Gasteiger partial charge in [0.1, 0.15) is 0 Å². The zero-order valence-electron chi connectivity index (χ0n) is 34.4. The molecule has 0 saturated carbocycles. The monoisotopic (exact) mass is 887 g/mol. The third kappa shape index (κ3) is 18.2. The van der Waals surface area contributed by atoms with Crippen LogP contribution >= 0.6 is 0 Å². The standard InChI is InChI=1S/C16H20F3NO2.C15H18F3NO2.C12H14F3N.ClH.Li/c1-22-15(21)8-11-20-9-6-13(7-10-20)12-2-4-14(5-3-12)16(17,18)19;16-15(17,18)13-3-1-11(2-4-13)12-5-8-19(9-6-12)10-7-14(20)21;13-12(14,15)11-3-1-9(2-4-11)10-5-7-16-8-6-10;;/h2-5,13H,6-11H2,1H3;1-4,12H,5-10H2,(H,20,21);1-4,10,16H,5-8H2;1H;/q;;;;+1/p-1. The van der Waals surface area contributed by atoms with Gasteiger partial charge in [0, 0.05) is 31.9 Å². The number of benzene rings is 3. The van der Waals surface area contributed by atoms with Crippen LogP contribution in [0.1, 0.15) is 103 Å². The summed E-state index contributed by atoms with van der Waals surface area (Å²) in [4.78, 5) is 25.8.